The number of rotatable bonds is 10. The molecule has 1 N–H and O–H groups in total. The minimum atomic E-state index is -0.289. The van der Waals surface area contributed by atoms with E-state index in [4.69, 9.17) is 30.5 Å². The number of anilines is 1. The minimum absolute atomic E-state index is 0.289. The van der Waals surface area contributed by atoms with Gasteiger partial charge in [-0.05, 0) is 31.5 Å². The van der Waals surface area contributed by atoms with Crippen molar-refractivity contribution in [1.82, 2.24) is 0 Å². The fraction of sp³-hybridized carbons (Fsp3) is 0.381. The summed E-state index contributed by atoms with van der Waals surface area (Å²) >= 11 is 6.12. The topological polar surface area (TPSA) is 66.0 Å². The van der Waals surface area contributed by atoms with E-state index in [1.54, 1.807) is 30.3 Å². The summed E-state index contributed by atoms with van der Waals surface area (Å²) in [5.41, 5.74) is 1.77. The summed E-state index contributed by atoms with van der Waals surface area (Å²) in [7, 11) is 3.02. The van der Waals surface area contributed by atoms with Gasteiger partial charge < -0.3 is 24.3 Å². The molecule has 0 radical (unpaired) electrons. The maximum Gasteiger partial charge on any atom is 0.255 e. The SMILES string of the molecule is CCCOCc1cc(C(=O)Nc2cc(OC)c(Cl)cc2OC)ccc1OCC. The Bertz CT molecular complexity index is 810. The summed E-state index contributed by atoms with van der Waals surface area (Å²) in [6.07, 6.45) is 0.919. The van der Waals surface area contributed by atoms with Crippen molar-refractivity contribution in [3.63, 3.8) is 0 Å². The van der Waals surface area contributed by atoms with Gasteiger partial charge in [-0.3, -0.25) is 4.79 Å². The summed E-state index contributed by atoms with van der Waals surface area (Å²) in [6, 6.07) is 8.48. The highest BCUT2D eigenvalue weighted by molar-refractivity contribution is 6.32. The zero-order valence-electron chi connectivity index (χ0n) is 16.6. The molecule has 1 amide bonds. The average Bonchev–Trinajstić information content (AvgIpc) is 2.70. The van der Waals surface area contributed by atoms with E-state index in [0.717, 1.165) is 12.0 Å². The number of amides is 1. The second kappa shape index (κ2) is 10.8. The van der Waals surface area contributed by atoms with Crippen LogP contribution in [0.15, 0.2) is 30.3 Å². The second-order valence-electron chi connectivity index (χ2n) is 5.95. The van der Waals surface area contributed by atoms with E-state index in [-0.39, 0.29) is 5.91 Å². The van der Waals surface area contributed by atoms with E-state index in [9.17, 15) is 4.79 Å². The van der Waals surface area contributed by atoms with Gasteiger partial charge in [0.25, 0.3) is 5.91 Å². The van der Waals surface area contributed by atoms with Gasteiger partial charge in [-0.2, -0.15) is 0 Å². The summed E-state index contributed by atoms with van der Waals surface area (Å²) < 4.78 is 21.8. The van der Waals surface area contributed by atoms with E-state index >= 15 is 0 Å². The standard InChI is InChI=1S/C21H26ClNO5/c1-5-9-27-13-15-10-14(7-8-18(15)28-6-2)21(24)23-17-12-19(25-3)16(22)11-20(17)26-4/h7-8,10-12H,5-6,9,13H2,1-4H3,(H,23,24). The molecule has 2 aromatic carbocycles. The highest BCUT2D eigenvalue weighted by Crippen LogP contribution is 2.36. The molecule has 0 atom stereocenters. The lowest BCUT2D eigenvalue weighted by atomic mass is 10.1. The molecule has 0 aromatic heterocycles. The van der Waals surface area contributed by atoms with Gasteiger partial charge in [0.05, 0.1) is 38.1 Å². The summed E-state index contributed by atoms with van der Waals surface area (Å²) in [5, 5.41) is 3.24. The molecule has 0 heterocycles. The molecule has 7 heteroatoms. The number of hydrogen-bond donors (Lipinski definition) is 1. The summed E-state index contributed by atoms with van der Waals surface area (Å²) in [6.45, 7) is 5.51. The van der Waals surface area contributed by atoms with E-state index < -0.39 is 0 Å². The fourth-order valence-corrected chi connectivity index (χ4v) is 2.84. The molecule has 0 saturated carbocycles. The third-order valence-electron chi connectivity index (χ3n) is 3.95. The molecular weight excluding hydrogens is 382 g/mol. The monoisotopic (exact) mass is 407 g/mol. The normalized spacial score (nSPS) is 10.5. The minimum Gasteiger partial charge on any atom is -0.495 e. The molecule has 0 aliphatic heterocycles. The van der Waals surface area contributed by atoms with Crippen LogP contribution in [0.5, 0.6) is 17.2 Å². The number of nitrogens with one attached hydrogen (secondary N) is 1. The van der Waals surface area contributed by atoms with Crippen molar-refractivity contribution in [1.29, 1.82) is 0 Å². The number of carbonyl (C=O) groups excluding carboxylic acids is 1. The van der Waals surface area contributed by atoms with Crippen LogP contribution in [0.25, 0.3) is 0 Å². The van der Waals surface area contributed by atoms with Gasteiger partial charge in [-0.25, -0.2) is 0 Å². The Kier molecular flexibility index (Phi) is 8.42. The Hall–Kier alpha value is -2.44. The third-order valence-corrected chi connectivity index (χ3v) is 4.25. The third kappa shape index (κ3) is 5.53. The van der Waals surface area contributed by atoms with Crippen molar-refractivity contribution in [2.24, 2.45) is 0 Å². The van der Waals surface area contributed by atoms with E-state index in [1.165, 1.54) is 14.2 Å². The Morgan fingerprint density at radius 3 is 2.43 bits per heavy atom. The number of benzene rings is 2. The number of ether oxygens (including phenoxy) is 4. The van der Waals surface area contributed by atoms with Crippen LogP contribution >= 0.6 is 11.6 Å². The lowest BCUT2D eigenvalue weighted by molar-refractivity contribution is 0.102. The van der Waals surface area contributed by atoms with Crippen LogP contribution in [0.4, 0.5) is 5.69 Å². The van der Waals surface area contributed by atoms with Crippen molar-refractivity contribution in [2.75, 3.05) is 32.8 Å². The molecule has 2 aromatic rings. The first-order chi connectivity index (χ1) is 13.5. The van der Waals surface area contributed by atoms with E-state index in [0.29, 0.717) is 53.3 Å². The predicted octanol–water partition coefficient (Wildman–Crippen LogP) is 4.93. The molecule has 0 unspecified atom stereocenters. The van der Waals surface area contributed by atoms with Crippen LogP contribution in [0.2, 0.25) is 5.02 Å². The quantitative estimate of drug-likeness (QED) is 0.565. The Balaban J connectivity index is 2.27. The van der Waals surface area contributed by atoms with Crippen molar-refractivity contribution < 1.29 is 23.7 Å². The first-order valence-corrected chi connectivity index (χ1v) is 9.48. The number of methoxy groups -OCH3 is 2. The first-order valence-electron chi connectivity index (χ1n) is 9.10. The molecule has 0 saturated heterocycles. The largest absolute Gasteiger partial charge is 0.495 e. The Morgan fingerprint density at radius 1 is 1.04 bits per heavy atom. The maximum absolute atomic E-state index is 12.8. The molecule has 0 aliphatic rings. The van der Waals surface area contributed by atoms with E-state index in [1.807, 2.05) is 13.8 Å². The van der Waals surface area contributed by atoms with E-state index in [2.05, 4.69) is 5.32 Å². The van der Waals surface area contributed by atoms with Crippen LogP contribution in [0, 0.1) is 0 Å². The van der Waals surface area contributed by atoms with Crippen molar-refractivity contribution in [2.45, 2.75) is 26.9 Å². The predicted molar refractivity (Wildman–Crippen MR) is 110 cm³/mol. The van der Waals surface area contributed by atoms with Crippen LogP contribution in [-0.2, 0) is 11.3 Å². The van der Waals surface area contributed by atoms with Crippen LogP contribution in [-0.4, -0.2) is 33.3 Å². The molecule has 152 valence electrons. The lowest BCUT2D eigenvalue weighted by Gasteiger charge is -2.15. The van der Waals surface area contributed by atoms with Crippen LogP contribution in [0.1, 0.15) is 36.2 Å². The highest BCUT2D eigenvalue weighted by Gasteiger charge is 2.15. The molecule has 0 spiro atoms. The van der Waals surface area contributed by atoms with Gasteiger partial charge in [-0.15, -0.1) is 0 Å². The number of halogens is 1. The summed E-state index contributed by atoms with van der Waals surface area (Å²) in [4.78, 5) is 12.8. The molecular formula is C21H26ClNO5. The molecule has 6 nitrogen and oxygen atoms in total. The van der Waals surface area contributed by atoms with Gasteiger partial charge in [-0.1, -0.05) is 18.5 Å². The van der Waals surface area contributed by atoms with Gasteiger partial charge in [0.1, 0.15) is 17.2 Å². The lowest BCUT2D eigenvalue weighted by Crippen LogP contribution is -2.14. The first kappa shape index (κ1) is 21.9. The van der Waals surface area contributed by atoms with Gasteiger partial charge in [0.15, 0.2) is 0 Å². The Labute approximate surface area is 170 Å². The zero-order chi connectivity index (χ0) is 20.5. The summed E-state index contributed by atoms with van der Waals surface area (Å²) in [5.74, 6) is 1.30. The molecule has 0 bridgehead atoms. The number of carbonyl (C=O) groups is 1. The Morgan fingerprint density at radius 2 is 1.79 bits per heavy atom. The maximum atomic E-state index is 12.8. The fourth-order valence-electron chi connectivity index (χ4n) is 2.61. The zero-order valence-corrected chi connectivity index (χ0v) is 17.4. The van der Waals surface area contributed by atoms with Crippen LogP contribution in [0.3, 0.4) is 0 Å². The smallest absolute Gasteiger partial charge is 0.255 e. The van der Waals surface area contributed by atoms with Crippen molar-refractivity contribution in [3.05, 3.63) is 46.5 Å². The second-order valence-corrected chi connectivity index (χ2v) is 6.36. The van der Waals surface area contributed by atoms with Crippen molar-refractivity contribution >= 4 is 23.2 Å². The molecule has 0 fully saturated rings. The molecule has 0 aliphatic carbocycles. The van der Waals surface area contributed by atoms with Crippen LogP contribution < -0.4 is 19.5 Å². The van der Waals surface area contributed by atoms with Crippen molar-refractivity contribution in [3.8, 4) is 17.2 Å². The van der Waals surface area contributed by atoms with Gasteiger partial charge in [0, 0.05) is 29.9 Å². The van der Waals surface area contributed by atoms with Gasteiger partial charge >= 0.3 is 0 Å². The van der Waals surface area contributed by atoms with Gasteiger partial charge in [0.2, 0.25) is 0 Å². The highest BCUT2D eigenvalue weighted by atomic mass is 35.5. The molecule has 28 heavy (non-hydrogen) atoms. The number of hydrogen-bond acceptors (Lipinski definition) is 5. The average molecular weight is 408 g/mol. The molecule has 2 rings (SSSR count).